The molecular weight excluding hydrogens is 298 g/mol. The molecule has 0 aliphatic carbocycles. The zero-order chi connectivity index (χ0) is 16.2. The van der Waals surface area contributed by atoms with E-state index in [2.05, 4.69) is 20.4 Å². The van der Waals surface area contributed by atoms with E-state index in [-0.39, 0.29) is 23.3 Å². The van der Waals surface area contributed by atoms with E-state index in [1.165, 1.54) is 12.1 Å². The quantitative estimate of drug-likeness (QED) is 0.887. The van der Waals surface area contributed by atoms with Crippen molar-refractivity contribution in [1.29, 1.82) is 0 Å². The van der Waals surface area contributed by atoms with Gasteiger partial charge in [-0.1, -0.05) is 0 Å². The number of amides is 1. The summed E-state index contributed by atoms with van der Waals surface area (Å²) in [4.78, 5) is 25.0. The van der Waals surface area contributed by atoms with E-state index in [1.54, 1.807) is 11.0 Å². The average Bonchev–Trinajstić information content (AvgIpc) is 2.58. The summed E-state index contributed by atoms with van der Waals surface area (Å²) in [6.45, 7) is 3.01. The smallest absolute Gasteiger partial charge is 0.274 e. The largest absolute Gasteiger partial charge is 0.473 e. The molecule has 1 saturated heterocycles. The molecular formula is C15H17N5O3. The standard InChI is InChI=1S/C15H17N5O3/c1-10-2-5-14(19-16-10)23-11-6-8-20(9-7-11)15(22)12-3-4-13(21)18-17-12/h2-5,11H,6-9H2,1H3,(H,18,21). The molecule has 0 bridgehead atoms. The predicted octanol–water partition coefficient (Wildman–Crippen LogP) is 0.552. The number of hydrogen-bond acceptors (Lipinski definition) is 6. The van der Waals surface area contributed by atoms with Gasteiger partial charge in [0.15, 0.2) is 0 Å². The SMILES string of the molecule is Cc1ccc(OC2CCN(C(=O)c3ccc(=O)[nH]n3)CC2)nn1. The number of aromatic nitrogens is 4. The summed E-state index contributed by atoms with van der Waals surface area (Å²) in [6.07, 6.45) is 1.44. The number of rotatable bonds is 3. The molecule has 8 heteroatoms. The molecule has 3 rings (SSSR count). The van der Waals surface area contributed by atoms with Gasteiger partial charge in [0.05, 0.1) is 5.69 Å². The number of aryl methyl sites for hydroxylation is 1. The van der Waals surface area contributed by atoms with Crippen LogP contribution >= 0.6 is 0 Å². The molecule has 0 aromatic carbocycles. The third-order valence-electron chi connectivity index (χ3n) is 3.69. The van der Waals surface area contributed by atoms with E-state index in [0.717, 1.165) is 5.69 Å². The number of hydrogen-bond donors (Lipinski definition) is 1. The van der Waals surface area contributed by atoms with Crippen LogP contribution in [0.3, 0.4) is 0 Å². The van der Waals surface area contributed by atoms with Crippen molar-refractivity contribution in [2.24, 2.45) is 0 Å². The van der Waals surface area contributed by atoms with Crippen LogP contribution < -0.4 is 10.3 Å². The highest BCUT2D eigenvalue weighted by atomic mass is 16.5. The Kier molecular flexibility index (Phi) is 4.31. The molecule has 1 N–H and O–H groups in total. The fourth-order valence-electron chi connectivity index (χ4n) is 2.42. The molecule has 0 radical (unpaired) electrons. The zero-order valence-electron chi connectivity index (χ0n) is 12.7. The number of nitrogens with one attached hydrogen (secondary N) is 1. The molecule has 0 spiro atoms. The van der Waals surface area contributed by atoms with Crippen molar-refractivity contribution in [1.82, 2.24) is 25.3 Å². The Balaban J connectivity index is 1.55. The molecule has 0 saturated carbocycles. The van der Waals surface area contributed by atoms with Gasteiger partial charge in [0.25, 0.3) is 11.5 Å². The van der Waals surface area contributed by atoms with Crippen molar-refractivity contribution >= 4 is 5.91 Å². The van der Waals surface area contributed by atoms with Gasteiger partial charge in [-0.05, 0) is 19.1 Å². The third-order valence-corrected chi connectivity index (χ3v) is 3.69. The first-order valence-corrected chi connectivity index (χ1v) is 7.44. The highest BCUT2D eigenvalue weighted by Crippen LogP contribution is 2.17. The Morgan fingerprint density at radius 1 is 1.22 bits per heavy atom. The maximum absolute atomic E-state index is 12.3. The van der Waals surface area contributed by atoms with Crippen LogP contribution in [0.2, 0.25) is 0 Å². The van der Waals surface area contributed by atoms with Gasteiger partial charge in [-0.2, -0.15) is 10.2 Å². The Labute approximate surface area is 132 Å². The molecule has 1 aliphatic rings. The van der Waals surface area contributed by atoms with E-state index in [9.17, 15) is 9.59 Å². The molecule has 2 aromatic heterocycles. The molecule has 1 aliphatic heterocycles. The second-order valence-electron chi connectivity index (χ2n) is 5.43. The van der Waals surface area contributed by atoms with Crippen molar-refractivity contribution in [3.8, 4) is 5.88 Å². The summed E-state index contributed by atoms with van der Waals surface area (Å²) in [5.41, 5.74) is 0.757. The fourth-order valence-corrected chi connectivity index (χ4v) is 2.42. The number of aromatic amines is 1. The fraction of sp³-hybridized carbons (Fsp3) is 0.400. The highest BCUT2D eigenvalue weighted by Gasteiger charge is 2.25. The van der Waals surface area contributed by atoms with Crippen LogP contribution in [0.5, 0.6) is 5.88 Å². The topological polar surface area (TPSA) is 101 Å². The normalized spacial score (nSPS) is 15.4. The van der Waals surface area contributed by atoms with Gasteiger partial charge in [-0.3, -0.25) is 9.59 Å². The lowest BCUT2D eigenvalue weighted by molar-refractivity contribution is 0.0579. The Bertz CT molecular complexity index is 715. The van der Waals surface area contributed by atoms with Crippen molar-refractivity contribution < 1.29 is 9.53 Å². The van der Waals surface area contributed by atoms with E-state index >= 15 is 0 Å². The van der Waals surface area contributed by atoms with Gasteiger partial charge in [0.2, 0.25) is 5.88 Å². The van der Waals surface area contributed by atoms with E-state index in [0.29, 0.717) is 31.8 Å². The van der Waals surface area contributed by atoms with Gasteiger partial charge < -0.3 is 9.64 Å². The lowest BCUT2D eigenvalue weighted by Crippen LogP contribution is -2.42. The highest BCUT2D eigenvalue weighted by molar-refractivity contribution is 5.92. The maximum Gasteiger partial charge on any atom is 0.274 e. The Morgan fingerprint density at radius 3 is 2.61 bits per heavy atom. The molecule has 0 unspecified atom stereocenters. The van der Waals surface area contributed by atoms with Crippen molar-refractivity contribution in [3.63, 3.8) is 0 Å². The molecule has 3 heterocycles. The molecule has 1 fully saturated rings. The summed E-state index contributed by atoms with van der Waals surface area (Å²) in [5, 5.41) is 14.0. The number of nitrogens with zero attached hydrogens (tertiary/aromatic N) is 4. The van der Waals surface area contributed by atoms with Crippen molar-refractivity contribution in [2.75, 3.05) is 13.1 Å². The van der Waals surface area contributed by atoms with Crippen LogP contribution in [-0.4, -0.2) is 50.4 Å². The lowest BCUT2D eigenvalue weighted by atomic mass is 10.1. The third kappa shape index (κ3) is 3.71. The number of carbonyl (C=O) groups excluding carboxylic acids is 1. The molecule has 120 valence electrons. The first-order chi connectivity index (χ1) is 11.1. The molecule has 0 atom stereocenters. The minimum Gasteiger partial charge on any atom is -0.473 e. The van der Waals surface area contributed by atoms with Crippen LogP contribution in [0.15, 0.2) is 29.1 Å². The van der Waals surface area contributed by atoms with E-state index in [1.807, 2.05) is 13.0 Å². The molecule has 2 aromatic rings. The van der Waals surface area contributed by atoms with Crippen molar-refractivity contribution in [3.05, 3.63) is 46.0 Å². The number of carbonyl (C=O) groups is 1. The minimum absolute atomic E-state index is 0.0135. The first-order valence-electron chi connectivity index (χ1n) is 7.44. The summed E-state index contributed by atoms with van der Waals surface area (Å²) in [6, 6.07) is 6.38. The van der Waals surface area contributed by atoms with Crippen molar-refractivity contribution in [2.45, 2.75) is 25.9 Å². The lowest BCUT2D eigenvalue weighted by Gasteiger charge is -2.31. The summed E-state index contributed by atoms with van der Waals surface area (Å²) in [7, 11) is 0. The summed E-state index contributed by atoms with van der Waals surface area (Å²) >= 11 is 0. The Hall–Kier alpha value is -2.77. The monoisotopic (exact) mass is 315 g/mol. The number of H-pyrrole nitrogens is 1. The number of likely N-dealkylation sites (tertiary alicyclic amines) is 1. The van der Waals surface area contributed by atoms with Crippen LogP contribution in [0, 0.1) is 6.92 Å². The van der Waals surface area contributed by atoms with Crippen LogP contribution in [0.25, 0.3) is 0 Å². The molecule has 1 amide bonds. The van der Waals surface area contributed by atoms with Gasteiger partial charge in [0.1, 0.15) is 11.8 Å². The predicted molar refractivity (Wildman–Crippen MR) is 81.2 cm³/mol. The van der Waals surface area contributed by atoms with E-state index < -0.39 is 0 Å². The average molecular weight is 315 g/mol. The summed E-state index contributed by atoms with van der Waals surface area (Å²) < 4.78 is 5.79. The van der Waals surface area contributed by atoms with Gasteiger partial charge in [0, 0.05) is 38.1 Å². The summed E-state index contributed by atoms with van der Waals surface area (Å²) in [5.74, 6) is 0.317. The Morgan fingerprint density at radius 2 is 2.00 bits per heavy atom. The second-order valence-corrected chi connectivity index (χ2v) is 5.43. The minimum atomic E-state index is -0.326. The van der Waals surface area contributed by atoms with Crippen LogP contribution in [0.4, 0.5) is 0 Å². The van der Waals surface area contributed by atoms with E-state index in [4.69, 9.17) is 4.74 Å². The van der Waals surface area contributed by atoms with Crippen LogP contribution in [0.1, 0.15) is 29.0 Å². The first kappa shape index (κ1) is 15.1. The number of piperidine rings is 1. The zero-order valence-corrected chi connectivity index (χ0v) is 12.7. The van der Waals surface area contributed by atoms with Gasteiger partial charge >= 0.3 is 0 Å². The molecule has 8 nitrogen and oxygen atoms in total. The van der Waals surface area contributed by atoms with Gasteiger partial charge in [-0.25, -0.2) is 5.10 Å². The maximum atomic E-state index is 12.3. The van der Waals surface area contributed by atoms with Crippen LogP contribution in [-0.2, 0) is 0 Å². The molecule has 23 heavy (non-hydrogen) atoms. The number of ether oxygens (including phenoxy) is 1. The van der Waals surface area contributed by atoms with Gasteiger partial charge in [-0.15, -0.1) is 5.10 Å². The second kappa shape index (κ2) is 6.55.